The fraction of sp³-hybridized carbons (Fsp3) is 0.423. The van der Waals surface area contributed by atoms with Crippen LogP contribution in [-0.4, -0.2) is 48.4 Å². The Labute approximate surface area is 194 Å². The van der Waals surface area contributed by atoms with Crippen LogP contribution >= 0.6 is 0 Å². The number of likely N-dealkylation sites (tertiary alicyclic amines) is 1. The number of rotatable bonds is 5. The maximum absolute atomic E-state index is 6.57. The van der Waals surface area contributed by atoms with E-state index >= 15 is 0 Å². The van der Waals surface area contributed by atoms with Crippen LogP contribution in [0.2, 0.25) is 0 Å². The molecule has 4 heterocycles. The van der Waals surface area contributed by atoms with Crippen LogP contribution in [0, 0.1) is 18.8 Å². The van der Waals surface area contributed by atoms with Gasteiger partial charge in [-0.3, -0.25) is 9.58 Å². The number of hydrogen-bond donors (Lipinski definition) is 0. The highest BCUT2D eigenvalue weighted by Crippen LogP contribution is 2.44. The number of aryl methyl sites for hydroxylation is 2. The molecule has 1 saturated heterocycles. The first-order chi connectivity index (χ1) is 16.2. The Morgan fingerprint density at radius 1 is 0.970 bits per heavy atom. The number of fused-ring (bicyclic) bond motifs is 2. The predicted molar refractivity (Wildman–Crippen MR) is 127 cm³/mol. The van der Waals surface area contributed by atoms with Crippen LogP contribution in [0.1, 0.15) is 30.4 Å². The van der Waals surface area contributed by atoms with Crippen molar-refractivity contribution in [3.8, 4) is 5.88 Å². The summed E-state index contributed by atoms with van der Waals surface area (Å²) in [5, 5.41) is 4.35. The van der Waals surface area contributed by atoms with Gasteiger partial charge in [0, 0.05) is 45.1 Å². The van der Waals surface area contributed by atoms with Crippen LogP contribution in [0.15, 0.2) is 60.9 Å². The Hall–Kier alpha value is -3.19. The molecule has 7 nitrogen and oxygen atoms in total. The topological polar surface area (TPSA) is 61.0 Å². The maximum atomic E-state index is 6.57. The molecule has 0 amide bonds. The zero-order chi connectivity index (χ0) is 22.4. The van der Waals surface area contributed by atoms with E-state index in [4.69, 9.17) is 9.72 Å². The number of benzene rings is 1. The summed E-state index contributed by atoms with van der Waals surface area (Å²) in [5.74, 6) is 3.03. The first-order valence-electron chi connectivity index (χ1n) is 11.9. The third kappa shape index (κ3) is 3.80. The van der Waals surface area contributed by atoms with Crippen molar-refractivity contribution in [3.63, 3.8) is 0 Å². The summed E-state index contributed by atoms with van der Waals surface area (Å²) < 4.78 is 11.0. The minimum Gasteiger partial charge on any atom is -0.472 e. The Morgan fingerprint density at radius 2 is 1.79 bits per heavy atom. The van der Waals surface area contributed by atoms with Gasteiger partial charge >= 0.3 is 0 Å². The molecule has 3 aromatic heterocycles. The molecule has 6 rings (SSSR count). The second-order valence-corrected chi connectivity index (χ2v) is 9.54. The SMILES string of the molecule is Cc1nc2ccccc2n1[C@H]1C[C@H]2CN(Cc3ccnn3C)C[C@H]2C[C@@H]1Oc1ccccn1. The predicted octanol–water partition coefficient (Wildman–Crippen LogP) is 4.00. The first kappa shape index (κ1) is 20.4. The monoisotopic (exact) mass is 442 g/mol. The fourth-order valence-electron chi connectivity index (χ4n) is 5.96. The average Bonchev–Trinajstić information content (AvgIpc) is 3.50. The van der Waals surface area contributed by atoms with Gasteiger partial charge < -0.3 is 9.30 Å². The zero-order valence-electron chi connectivity index (χ0n) is 19.2. The van der Waals surface area contributed by atoms with Crippen molar-refractivity contribution in [2.45, 2.75) is 38.5 Å². The largest absolute Gasteiger partial charge is 0.472 e. The van der Waals surface area contributed by atoms with Crippen LogP contribution < -0.4 is 4.74 Å². The van der Waals surface area contributed by atoms with E-state index in [1.165, 1.54) is 11.2 Å². The molecule has 4 aromatic rings. The number of pyridine rings is 1. The van der Waals surface area contributed by atoms with Gasteiger partial charge in [0.1, 0.15) is 11.9 Å². The van der Waals surface area contributed by atoms with Crippen molar-refractivity contribution < 1.29 is 4.74 Å². The molecule has 4 atom stereocenters. The molecule has 0 spiro atoms. The molecule has 0 unspecified atom stereocenters. The third-order valence-electron chi connectivity index (χ3n) is 7.48. The van der Waals surface area contributed by atoms with Gasteiger partial charge in [0.25, 0.3) is 0 Å². The quantitative estimate of drug-likeness (QED) is 0.468. The zero-order valence-corrected chi connectivity index (χ0v) is 19.2. The van der Waals surface area contributed by atoms with Crippen molar-refractivity contribution in [1.29, 1.82) is 0 Å². The molecular weight excluding hydrogens is 412 g/mol. The van der Waals surface area contributed by atoms with Crippen molar-refractivity contribution in [3.05, 3.63) is 72.4 Å². The van der Waals surface area contributed by atoms with Crippen LogP contribution in [0.5, 0.6) is 5.88 Å². The van der Waals surface area contributed by atoms with Crippen molar-refractivity contribution in [2.24, 2.45) is 18.9 Å². The number of hydrogen-bond acceptors (Lipinski definition) is 5. The van der Waals surface area contributed by atoms with Crippen molar-refractivity contribution in [1.82, 2.24) is 29.2 Å². The number of nitrogens with zero attached hydrogens (tertiary/aromatic N) is 6. The lowest BCUT2D eigenvalue weighted by Gasteiger charge is -2.39. The minimum absolute atomic E-state index is 0.0640. The summed E-state index contributed by atoms with van der Waals surface area (Å²) in [4.78, 5) is 11.9. The molecule has 2 fully saturated rings. The van der Waals surface area contributed by atoms with E-state index in [9.17, 15) is 0 Å². The van der Waals surface area contributed by atoms with Gasteiger partial charge in [-0.2, -0.15) is 5.10 Å². The van der Waals surface area contributed by atoms with E-state index in [0.29, 0.717) is 17.7 Å². The second kappa shape index (κ2) is 8.30. The van der Waals surface area contributed by atoms with E-state index in [2.05, 4.69) is 56.8 Å². The number of para-hydroxylation sites is 2. The van der Waals surface area contributed by atoms with Gasteiger partial charge in [0.15, 0.2) is 0 Å². The van der Waals surface area contributed by atoms with E-state index in [1.807, 2.05) is 36.1 Å². The van der Waals surface area contributed by atoms with Gasteiger partial charge in [0.05, 0.1) is 22.8 Å². The highest BCUT2D eigenvalue weighted by Gasteiger charge is 2.44. The molecule has 1 aliphatic carbocycles. The van der Waals surface area contributed by atoms with E-state index in [-0.39, 0.29) is 12.1 Å². The molecule has 7 heteroatoms. The van der Waals surface area contributed by atoms with Gasteiger partial charge in [0.2, 0.25) is 5.88 Å². The highest BCUT2D eigenvalue weighted by molar-refractivity contribution is 5.76. The van der Waals surface area contributed by atoms with Gasteiger partial charge in [-0.1, -0.05) is 18.2 Å². The molecule has 1 aromatic carbocycles. The minimum atomic E-state index is 0.0640. The molecule has 1 aliphatic heterocycles. The molecule has 1 saturated carbocycles. The molecule has 0 N–H and O–H groups in total. The van der Waals surface area contributed by atoms with Crippen molar-refractivity contribution in [2.75, 3.05) is 13.1 Å². The van der Waals surface area contributed by atoms with E-state index < -0.39 is 0 Å². The van der Waals surface area contributed by atoms with Crippen LogP contribution in [0.3, 0.4) is 0 Å². The number of aromatic nitrogens is 5. The van der Waals surface area contributed by atoms with Crippen LogP contribution in [-0.2, 0) is 13.6 Å². The van der Waals surface area contributed by atoms with Gasteiger partial charge in [-0.15, -0.1) is 0 Å². The smallest absolute Gasteiger partial charge is 0.213 e. The Balaban J connectivity index is 1.31. The fourth-order valence-corrected chi connectivity index (χ4v) is 5.96. The van der Waals surface area contributed by atoms with Crippen molar-refractivity contribution >= 4 is 11.0 Å². The summed E-state index contributed by atoms with van der Waals surface area (Å²) in [5.41, 5.74) is 3.51. The molecule has 0 bridgehead atoms. The summed E-state index contributed by atoms with van der Waals surface area (Å²) in [6, 6.07) is 16.7. The molecular formula is C26H30N6O. The number of ether oxygens (including phenoxy) is 1. The van der Waals surface area contributed by atoms with Crippen LogP contribution in [0.25, 0.3) is 11.0 Å². The summed E-state index contributed by atoms with van der Waals surface area (Å²) in [6.07, 6.45) is 5.87. The van der Waals surface area contributed by atoms with Gasteiger partial charge in [-0.25, -0.2) is 9.97 Å². The number of imidazole rings is 1. The second-order valence-electron chi connectivity index (χ2n) is 9.54. The first-order valence-corrected chi connectivity index (χ1v) is 11.9. The molecule has 170 valence electrons. The normalized spacial score (nSPS) is 25.4. The van der Waals surface area contributed by atoms with Gasteiger partial charge in [-0.05, 0) is 55.9 Å². The highest BCUT2D eigenvalue weighted by atomic mass is 16.5. The Kier molecular flexibility index (Phi) is 5.14. The van der Waals surface area contributed by atoms with E-state index in [0.717, 1.165) is 43.8 Å². The van der Waals surface area contributed by atoms with E-state index in [1.54, 1.807) is 6.20 Å². The average molecular weight is 443 g/mol. The third-order valence-corrected chi connectivity index (χ3v) is 7.48. The lowest BCUT2D eigenvalue weighted by atomic mass is 9.77. The molecule has 2 aliphatic rings. The maximum Gasteiger partial charge on any atom is 0.213 e. The standard InChI is InChI=1S/C26H30N6O/c1-18-29-22-7-3-4-8-23(22)32(18)24-13-19-15-31(17-21-10-12-28-30(21)2)16-20(19)14-25(24)33-26-9-5-6-11-27-26/h3-12,19-20,24-25H,13-17H2,1-2H3/t19-,20+,24-,25-/m0/s1. The lowest BCUT2D eigenvalue weighted by molar-refractivity contribution is 0.0522. The van der Waals surface area contributed by atoms with Crippen LogP contribution in [0.4, 0.5) is 0 Å². The summed E-state index contributed by atoms with van der Waals surface area (Å²) in [6.45, 7) is 5.29. The molecule has 33 heavy (non-hydrogen) atoms. The summed E-state index contributed by atoms with van der Waals surface area (Å²) >= 11 is 0. The Morgan fingerprint density at radius 3 is 2.58 bits per heavy atom. The summed E-state index contributed by atoms with van der Waals surface area (Å²) in [7, 11) is 2.03. The Bertz CT molecular complexity index is 1250. The molecule has 0 radical (unpaired) electrons. The lowest BCUT2D eigenvalue weighted by Crippen LogP contribution is -2.40.